The van der Waals surface area contributed by atoms with E-state index in [1.54, 1.807) is 19.4 Å². The van der Waals surface area contributed by atoms with Crippen molar-refractivity contribution in [3.05, 3.63) is 83.9 Å². The summed E-state index contributed by atoms with van der Waals surface area (Å²) < 4.78 is 0. The molecule has 2 N–H and O–H groups in total. The molecule has 2 atom stereocenters. The van der Waals surface area contributed by atoms with Gasteiger partial charge in [0, 0.05) is 25.0 Å². The van der Waals surface area contributed by atoms with Gasteiger partial charge in [-0.25, -0.2) is 15.0 Å². The molecule has 0 fully saturated rings. The highest BCUT2D eigenvalue weighted by molar-refractivity contribution is 6.02. The molecule has 4 rings (SSSR count). The van der Waals surface area contributed by atoms with Crippen LogP contribution >= 0.6 is 0 Å². The van der Waals surface area contributed by atoms with Crippen molar-refractivity contribution in [2.75, 3.05) is 7.05 Å². The Morgan fingerprint density at radius 3 is 2.28 bits per heavy atom. The summed E-state index contributed by atoms with van der Waals surface area (Å²) in [7, 11) is 1.68. The first-order chi connectivity index (χ1) is 15.1. The maximum absolute atomic E-state index is 13.5. The predicted molar refractivity (Wildman–Crippen MR) is 127 cm³/mol. The SMILES string of the molecule is CN1C(=O)C(c2ccc(C(C)(C)C)cc2)[C@@](C)(c2cccc(-c3cncnc3)c2)N=C1N. The van der Waals surface area contributed by atoms with Crippen LogP contribution in [0.4, 0.5) is 0 Å². The lowest BCUT2D eigenvalue weighted by Gasteiger charge is -2.41. The maximum Gasteiger partial charge on any atom is 0.239 e. The lowest BCUT2D eigenvalue weighted by molar-refractivity contribution is -0.130. The molecular weight excluding hydrogens is 398 g/mol. The summed E-state index contributed by atoms with van der Waals surface area (Å²) in [6.45, 7) is 8.51. The fourth-order valence-corrected chi connectivity index (χ4v) is 4.26. The molecule has 3 aromatic rings. The molecule has 0 bridgehead atoms. The standard InChI is InChI=1S/C26H29N5O/c1-25(2,3)20-11-9-17(10-12-20)22-23(32)31(5)24(27)30-26(22,4)21-8-6-7-18(13-21)19-14-28-16-29-15-19/h6-16,22H,1-5H3,(H2,27,30)/t22?,26-/m1/s1. The second kappa shape index (κ2) is 7.86. The molecule has 0 aliphatic carbocycles. The van der Waals surface area contributed by atoms with Crippen molar-refractivity contribution in [3.8, 4) is 11.1 Å². The van der Waals surface area contributed by atoms with Crippen LogP contribution in [-0.2, 0) is 15.7 Å². The molecule has 0 saturated carbocycles. The largest absolute Gasteiger partial charge is 0.369 e. The predicted octanol–water partition coefficient (Wildman–Crippen LogP) is 4.23. The van der Waals surface area contributed by atoms with Crippen molar-refractivity contribution >= 4 is 11.9 Å². The number of aromatic nitrogens is 2. The van der Waals surface area contributed by atoms with Gasteiger partial charge in [-0.2, -0.15) is 0 Å². The smallest absolute Gasteiger partial charge is 0.239 e. The van der Waals surface area contributed by atoms with Gasteiger partial charge in [0.1, 0.15) is 11.9 Å². The lowest BCUT2D eigenvalue weighted by Crippen LogP contribution is -2.52. The maximum atomic E-state index is 13.5. The van der Waals surface area contributed by atoms with Crippen molar-refractivity contribution in [1.82, 2.24) is 14.9 Å². The fraction of sp³-hybridized carbons (Fsp3) is 0.308. The fourth-order valence-electron chi connectivity index (χ4n) is 4.26. The molecule has 164 valence electrons. The topological polar surface area (TPSA) is 84.5 Å². The number of benzene rings is 2. The van der Waals surface area contributed by atoms with Crippen LogP contribution in [0.2, 0.25) is 0 Å². The van der Waals surface area contributed by atoms with Crippen LogP contribution in [0, 0.1) is 0 Å². The number of amides is 1. The van der Waals surface area contributed by atoms with E-state index in [0.29, 0.717) is 0 Å². The Bertz CT molecular complexity index is 1160. The highest BCUT2D eigenvalue weighted by Crippen LogP contribution is 2.44. The highest BCUT2D eigenvalue weighted by atomic mass is 16.2. The highest BCUT2D eigenvalue weighted by Gasteiger charge is 2.47. The number of nitrogens with two attached hydrogens (primary N) is 1. The number of carbonyl (C=O) groups excluding carboxylic acids is 1. The minimum atomic E-state index is -0.859. The zero-order chi connectivity index (χ0) is 23.1. The molecule has 2 aromatic carbocycles. The number of carbonyl (C=O) groups is 1. The molecule has 1 aliphatic rings. The Morgan fingerprint density at radius 1 is 1.00 bits per heavy atom. The van der Waals surface area contributed by atoms with Crippen LogP contribution in [0.25, 0.3) is 11.1 Å². The van der Waals surface area contributed by atoms with Gasteiger partial charge >= 0.3 is 0 Å². The van der Waals surface area contributed by atoms with Gasteiger partial charge in [0.15, 0.2) is 5.96 Å². The molecular formula is C26H29N5O. The third kappa shape index (κ3) is 3.77. The van der Waals surface area contributed by atoms with Crippen molar-refractivity contribution < 1.29 is 4.79 Å². The first kappa shape index (κ1) is 21.7. The summed E-state index contributed by atoms with van der Waals surface area (Å²) in [5.74, 6) is -0.360. The van der Waals surface area contributed by atoms with Crippen LogP contribution in [-0.4, -0.2) is 33.8 Å². The second-order valence-electron chi connectivity index (χ2n) is 9.53. The summed E-state index contributed by atoms with van der Waals surface area (Å²) >= 11 is 0. The van der Waals surface area contributed by atoms with Crippen LogP contribution in [0.15, 0.2) is 72.2 Å². The zero-order valence-electron chi connectivity index (χ0n) is 19.2. The lowest BCUT2D eigenvalue weighted by atomic mass is 9.73. The Morgan fingerprint density at radius 2 is 1.66 bits per heavy atom. The number of hydrogen-bond donors (Lipinski definition) is 1. The molecule has 0 radical (unpaired) electrons. The van der Waals surface area contributed by atoms with Crippen LogP contribution in [0.1, 0.15) is 50.3 Å². The first-order valence-electron chi connectivity index (χ1n) is 10.7. The molecule has 2 heterocycles. The zero-order valence-corrected chi connectivity index (χ0v) is 19.2. The monoisotopic (exact) mass is 427 g/mol. The summed E-state index contributed by atoms with van der Waals surface area (Å²) in [6, 6.07) is 16.3. The Balaban J connectivity index is 1.85. The van der Waals surface area contributed by atoms with Gasteiger partial charge < -0.3 is 5.73 Å². The van der Waals surface area contributed by atoms with E-state index in [9.17, 15) is 4.79 Å². The van der Waals surface area contributed by atoms with Gasteiger partial charge in [-0.15, -0.1) is 0 Å². The Hall–Kier alpha value is -3.54. The van der Waals surface area contributed by atoms with E-state index < -0.39 is 11.5 Å². The van der Waals surface area contributed by atoms with E-state index in [4.69, 9.17) is 10.7 Å². The molecule has 1 unspecified atom stereocenters. The van der Waals surface area contributed by atoms with Gasteiger partial charge in [0.25, 0.3) is 0 Å². The average Bonchev–Trinajstić information content (AvgIpc) is 2.78. The van der Waals surface area contributed by atoms with Gasteiger partial charge in [0.2, 0.25) is 5.91 Å². The van der Waals surface area contributed by atoms with E-state index in [2.05, 4.69) is 42.9 Å². The van der Waals surface area contributed by atoms with Crippen LogP contribution in [0.3, 0.4) is 0 Å². The number of nitrogens with zero attached hydrogens (tertiary/aromatic N) is 4. The average molecular weight is 428 g/mol. The van der Waals surface area contributed by atoms with Crippen LogP contribution < -0.4 is 5.73 Å². The van der Waals surface area contributed by atoms with E-state index in [-0.39, 0.29) is 17.3 Å². The Labute approximate surface area is 189 Å². The number of hydrogen-bond acceptors (Lipinski definition) is 5. The normalized spacial score (nSPS) is 21.4. The molecule has 32 heavy (non-hydrogen) atoms. The molecule has 0 spiro atoms. The number of aliphatic imine (C=N–C) groups is 1. The molecule has 1 aliphatic heterocycles. The van der Waals surface area contributed by atoms with Crippen molar-refractivity contribution in [2.24, 2.45) is 10.7 Å². The van der Waals surface area contributed by atoms with Gasteiger partial charge in [-0.1, -0.05) is 63.2 Å². The third-order valence-corrected chi connectivity index (χ3v) is 6.28. The third-order valence-electron chi connectivity index (χ3n) is 6.28. The van der Waals surface area contributed by atoms with E-state index >= 15 is 0 Å². The van der Waals surface area contributed by atoms with E-state index in [0.717, 1.165) is 22.3 Å². The minimum Gasteiger partial charge on any atom is -0.369 e. The van der Waals surface area contributed by atoms with Gasteiger partial charge in [-0.3, -0.25) is 9.69 Å². The van der Waals surface area contributed by atoms with Gasteiger partial charge in [0.05, 0.1) is 5.92 Å². The quantitative estimate of drug-likeness (QED) is 0.678. The summed E-state index contributed by atoms with van der Waals surface area (Å²) in [4.78, 5) is 28.0. The molecule has 1 amide bonds. The first-order valence-corrected chi connectivity index (χ1v) is 10.7. The second-order valence-corrected chi connectivity index (χ2v) is 9.53. The van der Waals surface area contributed by atoms with Crippen molar-refractivity contribution in [1.29, 1.82) is 0 Å². The van der Waals surface area contributed by atoms with E-state index in [1.165, 1.54) is 16.8 Å². The van der Waals surface area contributed by atoms with Gasteiger partial charge in [-0.05, 0) is 40.7 Å². The van der Waals surface area contributed by atoms with Crippen molar-refractivity contribution in [2.45, 2.75) is 44.6 Å². The van der Waals surface area contributed by atoms with E-state index in [1.807, 2.05) is 43.3 Å². The molecule has 6 nitrogen and oxygen atoms in total. The molecule has 1 aromatic heterocycles. The summed E-state index contributed by atoms with van der Waals surface area (Å²) in [6.07, 6.45) is 5.05. The van der Waals surface area contributed by atoms with Crippen molar-refractivity contribution in [3.63, 3.8) is 0 Å². The number of rotatable bonds is 3. The number of likely N-dealkylation sites (N-methyl/N-ethyl adjacent to an activating group) is 1. The summed E-state index contributed by atoms with van der Waals surface area (Å²) in [5.41, 5.74) is 10.3. The Kier molecular flexibility index (Phi) is 5.33. The number of guanidine groups is 1. The summed E-state index contributed by atoms with van der Waals surface area (Å²) in [5, 5.41) is 0. The molecule has 6 heteroatoms. The van der Waals surface area contributed by atoms with Crippen LogP contribution in [0.5, 0.6) is 0 Å². The molecule has 0 saturated heterocycles. The minimum absolute atomic E-state index is 0.0316.